The number of aromatic nitrogens is 1. The molecule has 1 aliphatic heterocycles. The summed E-state index contributed by atoms with van der Waals surface area (Å²) in [5, 5.41) is 2.64. The highest BCUT2D eigenvalue weighted by atomic mass is 16.5. The van der Waals surface area contributed by atoms with E-state index in [1.165, 1.54) is 0 Å². The molecule has 2 amide bonds. The fourth-order valence-electron chi connectivity index (χ4n) is 3.13. The molecule has 22 heavy (non-hydrogen) atoms. The Morgan fingerprint density at radius 1 is 1.50 bits per heavy atom. The first kappa shape index (κ1) is 16.4. The molecule has 0 radical (unpaired) electrons. The molecule has 1 saturated heterocycles. The average molecular weight is 305 g/mol. The van der Waals surface area contributed by atoms with Crippen molar-refractivity contribution < 1.29 is 14.3 Å². The zero-order valence-electron chi connectivity index (χ0n) is 13.4. The van der Waals surface area contributed by atoms with Crippen molar-refractivity contribution in [1.82, 2.24) is 15.2 Å². The van der Waals surface area contributed by atoms with Crippen LogP contribution in [-0.4, -0.2) is 54.5 Å². The van der Waals surface area contributed by atoms with Crippen molar-refractivity contribution in [2.24, 2.45) is 0 Å². The third-order valence-electron chi connectivity index (χ3n) is 4.17. The molecule has 1 N–H and O–H groups in total. The second-order valence-electron chi connectivity index (χ2n) is 5.75. The molecule has 0 bridgehead atoms. The van der Waals surface area contributed by atoms with E-state index >= 15 is 0 Å². The number of likely N-dealkylation sites (tertiary alicyclic amines) is 1. The van der Waals surface area contributed by atoms with Crippen molar-refractivity contribution in [3.63, 3.8) is 0 Å². The molecule has 0 aromatic carbocycles. The number of hydrogen-bond acceptors (Lipinski definition) is 4. The smallest absolute Gasteiger partial charge is 0.254 e. The summed E-state index contributed by atoms with van der Waals surface area (Å²) in [7, 11) is 3.21. The van der Waals surface area contributed by atoms with Crippen molar-refractivity contribution >= 4 is 11.8 Å². The highest BCUT2D eigenvalue weighted by Gasteiger charge is 2.45. The lowest BCUT2D eigenvalue weighted by atomic mass is 9.91. The molecule has 1 aromatic heterocycles. The van der Waals surface area contributed by atoms with Crippen molar-refractivity contribution in [1.29, 1.82) is 0 Å². The van der Waals surface area contributed by atoms with Crippen molar-refractivity contribution in [2.45, 2.75) is 31.7 Å². The molecule has 120 valence electrons. The van der Waals surface area contributed by atoms with Gasteiger partial charge in [-0.3, -0.25) is 14.6 Å². The number of ether oxygens (including phenoxy) is 1. The van der Waals surface area contributed by atoms with Crippen molar-refractivity contribution in [3.05, 3.63) is 29.6 Å². The monoisotopic (exact) mass is 305 g/mol. The van der Waals surface area contributed by atoms with Crippen LogP contribution in [0.25, 0.3) is 0 Å². The van der Waals surface area contributed by atoms with E-state index in [4.69, 9.17) is 4.74 Å². The van der Waals surface area contributed by atoms with Gasteiger partial charge in [0.2, 0.25) is 5.91 Å². The summed E-state index contributed by atoms with van der Waals surface area (Å²) in [6.45, 7) is 2.85. The third-order valence-corrected chi connectivity index (χ3v) is 4.17. The van der Waals surface area contributed by atoms with Gasteiger partial charge in [-0.15, -0.1) is 0 Å². The first-order chi connectivity index (χ1) is 10.5. The minimum Gasteiger partial charge on any atom is -0.382 e. The van der Waals surface area contributed by atoms with E-state index in [9.17, 15) is 9.59 Å². The van der Waals surface area contributed by atoms with Crippen LogP contribution < -0.4 is 5.32 Å². The van der Waals surface area contributed by atoms with Gasteiger partial charge in [0.05, 0.1) is 18.6 Å². The standard InChI is InChI=1S/C16H23N3O3/c1-12-9-13(5-7-18-12)15(21)19-8-4-6-16(19,11-22-3)10-14(20)17-2/h5,7,9H,4,6,8,10-11H2,1-3H3,(H,17,20)/t16-/m1/s1. The van der Waals surface area contributed by atoms with Crippen LogP contribution in [0.2, 0.25) is 0 Å². The second kappa shape index (κ2) is 6.87. The normalized spacial score (nSPS) is 21.0. The van der Waals surface area contributed by atoms with Gasteiger partial charge in [0, 0.05) is 38.2 Å². The Morgan fingerprint density at radius 2 is 2.27 bits per heavy atom. The number of methoxy groups -OCH3 is 1. The Morgan fingerprint density at radius 3 is 2.91 bits per heavy atom. The molecule has 1 fully saturated rings. The number of aryl methyl sites for hydroxylation is 1. The number of nitrogens with one attached hydrogen (secondary N) is 1. The first-order valence-corrected chi connectivity index (χ1v) is 7.46. The lowest BCUT2D eigenvalue weighted by molar-refractivity contribution is -0.123. The van der Waals surface area contributed by atoms with Crippen molar-refractivity contribution in [3.8, 4) is 0 Å². The fourth-order valence-corrected chi connectivity index (χ4v) is 3.13. The lowest BCUT2D eigenvalue weighted by Crippen LogP contribution is -2.52. The predicted molar refractivity (Wildman–Crippen MR) is 82.5 cm³/mol. The maximum Gasteiger partial charge on any atom is 0.254 e. The molecule has 0 unspecified atom stereocenters. The number of nitrogens with zero attached hydrogens (tertiary/aromatic N) is 2. The number of rotatable bonds is 5. The number of hydrogen-bond donors (Lipinski definition) is 1. The molecule has 6 nitrogen and oxygen atoms in total. The van der Waals surface area contributed by atoms with Crippen LogP contribution in [0.4, 0.5) is 0 Å². The zero-order valence-corrected chi connectivity index (χ0v) is 13.4. The molecule has 0 spiro atoms. The molecular formula is C16H23N3O3. The SMILES string of the molecule is CNC(=O)C[C@@]1(COC)CCCN1C(=O)c1ccnc(C)c1. The number of amides is 2. The van der Waals surface area contributed by atoms with Crippen molar-refractivity contribution in [2.75, 3.05) is 27.3 Å². The molecule has 6 heteroatoms. The fraction of sp³-hybridized carbons (Fsp3) is 0.562. The number of pyridine rings is 1. The van der Waals surface area contributed by atoms with Crippen LogP contribution >= 0.6 is 0 Å². The van der Waals surface area contributed by atoms with Crippen LogP contribution in [0, 0.1) is 6.92 Å². The lowest BCUT2D eigenvalue weighted by Gasteiger charge is -2.37. The Hall–Kier alpha value is -1.95. The first-order valence-electron chi connectivity index (χ1n) is 7.46. The zero-order chi connectivity index (χ0) is 16.2. The van der Waals surface area contributed by atoms with Gasteiger partial charge >= 0.3 is 0 Å². The van der Waals surface area contributed by atoms with E-state index in [0.29, 0.717) is 18.7 Å². The van der Waals surface area contributed by atoms with E-state index in [1.807, 2.05) is 6.92 Å². The van der Waals surface area contributed by atoms with Gasteiger partial charge in [0.1, 0.15) is 0 Å². The number of carbonyl (C=O) groups is 2. The van der Waals surface area contributed by atoms with E-state index in [0.717, 1.165) is 18.5 Å². The molecule has 2 rings (SSSR count). The highest BCUT2D eigenvalue weighted by molar-refractivity contribution is 5.95. The summed E-state index contributed by atoms with van der Waals surface area (Å²) in [6.07, 6.45) is 3.53. The summed E-state index contributed by atoms with van der Waals surface area (Å²) >= 11 is 0. The second-order valence-corrected chi connectivity index (χ2v) is 5.75. The summed E-state index contributed by atoms with van der Waals surface area (Å²) in [5.74, 6) is -0.147. The highest BCUT2D eigenvalue weighted by Crippen LogP contribution is 2.34. The molecular weight excluding hydrogens is 282 g/mol. The minimum atomic E-state index is -0.566. The predicted octanol–water partition coefficient (Wildman–Crippen LogP) is 1.15. The van der Waals surface area contributed by atoms with E-state index in [-0.39, 0.29) is 18.2 Å². The van der Waals surface area contributed by atoms with Crippen LogP contribution in [0.1, 0.15) is 35.3 Å². The minimum absolute atomic E-state index is 0.0658. The van der Waals surface area contributed by atoms with Gasteiger partial charge in [-0.25, -0.2) is 0 Å². The van der Waals surface area contributed by atoms with Gasteiger partial charge < -0.3 is 15.0 Å². The Balaban J connectivity index is 2.30. The van der Waals surface area contributed by atoms with Gasteiger partial charge in [0.15, 0.2) is 0 Å². The summed E-state index contributed by atoms with van der Waals surface area (Å²) < 4.78 is 5.33. The Bertz CT molecular complexity index is 561. The molecule has 2 heterocycles. The molecule has 0 aliphatic carbocycles. The van der Waals surface area contributed by atoms with Crippen LogP contribution in [0.5, 0.6) is 0 Å². The third kappa shape index (κ3) is 3.27. The average Bonchev–Trinajstić information content (AvgIpc) is 2.90. The van der Waals surface area contributed by atoms with E-state index in [1.54, 1.807) is 37.4 Å². The molecule has 1 atom stereocenters. The van der Waals surface area contributed by atoms with E-state index < -0.39 is 5.54 Å². The van der Waals surface area contributed by atoms with Crippen LogP contribution in [0.3, 0.4) is 0 Å². The summed E-state index contributed by atoms with van der Waals surface area (Å²) in [6, 6.07) is 3.49. The van der Waals surface area contributed by atoms with E-state index in [2.05, 4.69) is 10.3 Å². The molecule has 1 aliphatic rings. The maximum atomic E-state index is 12.9. The van der Waals surface area contributed by atoms with Gasteiger partial charge in [0.25, 0.3) is 5.91 Å². The van der Waals surface area contributed by atoms with Crippen LogP contribution in [-0.2, 0) is 9.53 Å². The maximum absolute atomic E-state index is 12.9. The Labute approximate surface area is 130 Å². The number of carbonyl (C=O) groups excluding carboxylic acids is 2. The van der Waals surface area contributed by atoms with Gasteiger partial charge in [-0.05, 0) is 31.9 Å². The summed E-state index contributed by atoms with van der Waals surface area (Å²) in [5.41, 5.74) is 0.837. The topological polar surface area (TPSA) is 71.5 Å². The van der Waals surface area contributed by atoms with Crippen LogP contribution in [0.15, 0.2) is 18.3 Å². The van der Waals surface area contributed by atoms with Gasteiger partial charge in [-0.1, -0.05) is 0 Å². The largest absolute Gasteiger partial charge is 0.382 e. The molecule has 1 aromatic rings. The molecule has 0 saturated carbocycles. The summed E-state index contributed by atoms with van der Waals surface area (Å²) in [4.78, 5) is 30.7. The van der Waals surface area contributed by atoms with Gasteiger partial charge in [-0.2, -0.15) is 0 Å². The quantitative estimate of drug-likeness (QED) is 0.886. The Kier molecular flexibility index (Phi) is 5.13.